The lowest BCUT2D eigenvalue weighted by atomic mass is 10.1. The zero-order valence-electron chi connectivity index (χ0n) is 17.1. The molecule has 2 amide bonds. The molecule has 4 nitrogen and oxygen atoms in total. The van der Waals surface area contributed by atoms with Gasteiger partial charge in [0.1, 0.15) is 0 Å². The normalized spacial score (nSPS) is 12.9. The van der Waals surface area contributed by atoms with Crippen molar-refractivity contribution in [3.63, 3.8) is 0 Å². The predicted molar refractivity (Wildman–Crippen MR) is 118 cm³/mol. The molecule has 150 valence electrons. The molecule has 5 heteroatoms. The van der Waals surface area contributed by atoms with E-state index in [0.717, 1.165) is 23.2 Å². The number of amides is 2. The predicted octanol–water partition coefficient (Wildman–Crippen LogP) is 4.88. The summed E-state index contributed by atoms with van der Waals surface area (Å²) in [5, 5.41) is 2.61. The van der Waals surface area contributed by atoms with E-state index >= 15 is 0 Å². The summed E-state index contributed by atoms with van der Waals surface area (Å²) in [4.78, 5) is 27.2. The first-order valence-electron chi connectivity index (χ1n) is 9.73. The SMILES string of the molecule is CC[C@@H](C)N(Cc1ccccc1)C(=O)[C@@H](C)SCC(=O)Nc1ccc(C)cc1. The standard InChI is InChI=1S/C23H30N2O2S/c1-5-18(3)25(15-20-9-7-6-8-10-20)23(27)19(4)28-16-22(26)24-21-13-11-17(2)12-14-21/h6-14,18-19H,5,15-16H2,1-4H3,(H,24,26)/t18-,19-/m1/s1. The largest absolute Gasteiger partial charge is 0.335 e. The number of benzene rings is 2. The highest BCUT2D eigenvalue weighted by molar-refractivity contribution is 8.01. The van der Waals surface area contributed by atoms with E-state index in [4.69, 9.17) is 0 Å². The first-order chi connectivity index (χ1) is 13.4. The van der Waals surface area contributed by atoms with Crippen molar-refractivity contribution < 1.29 is 9.59 Å². The number of anilines is 1. The fourth-order valence-electron chi connectivity index (χ4n) is 2.79. The average Bonchev–Trinajstić information content (AvgIpc) is 2.71. The Hall–Kier alpha value is -2.27. The van der Waals surface area contributed by atoms with Crippen LogP contribution < -0.4 is 5.32 Å². The number of nitrogens with zero attached hydrogens (tertiary/aromatic N) is 1. The third-order valence-electron chi connectivity index (χ3n) is 4.75. The fourth-order valence-corrected chi connectivity index (χ4v) is 3.54. The van der Waals surface area contributed by atoms with Crippen molar-refractivity contribution in [3.05, 3.63) is 65.7 Å². The molecule has 0 fully saturated rings. The number of carbonyl (C=O) groups excluding carboxylic acids is 2. The average molecular weight is 399 g/mol. The van der Waals surface area contributed by atoms with Gasteiger partial charge in [-0.15, -0.1) is 11.8 Å². The van der Waals surface area contributed by atoms with Gasteiger partial charge in [0.05, 0.1) is 11.0 Å². The summed E-state index contributed by atoms with van der Waals surface area (Å²) in [7, 11) is 0. The maximum Gasteiger partial charge on any atom is 0.235 e. The lowest BCUT2D eigenvalue weighted by Crippen LogP contribution is -2.42. The van der Waals surface area contributed by atoms with Gasteiger partial charge in [0, 0.05) is 18.3 Å². The lowest BCUT2D eigenvalue weighted by Gasteiger charge is -2.31. The van der Waals surface area contributed by atoms with Crippen molar-refractivity contribution in [3.8, 4) is 0 Å². The molecule has 0 aromatic heterocycles. The Morgan fingerprint density at radius 2 is 1.68 bits per heavy atom. The second-order valence-electron chi connectivity index (χ2n) is 7.08. The van der Waals surface area contributed by atoms with Gasteiger partial charge in [-0.2, -0.15) is 0 Å². The van der Waals surface area contributed by atoms with E-state index in [9.17, 15) is 9.59 Å². The van der Waals surface area contributed by atoms with E-state index in [2.05, 4.69) is 19.2 Å². The first kappa shape index (κ1) is 22.0. The quantitative estimate of drug-likeness (QED) is 0.655. The number of aryl methyl sites for hydroxylation is 1. The van der Waals surface area contributed by atoms with Crippen molar-refractivity contribution in [2.24, 2.45) is 0 Å². The van der Waals surface area contributed by atoms with E-state index in [1.165, 1.54) is 11.8 Å². The molecule has 1 N–H and O–H groups in total. The Balaban J connectivity index is 1.92. The summed E-state index contributed by atoms with van der Waals surface area (Å²) in [6, 6.07) is 17.9. The van der Waals surface area contributed by atoms with E-state index in [0.29, 0.717) is 6.54 Å². The van der Waals surface area contributed by atoms with Gasteiger partial charge >= 0.3 is 0 Å². The van der Waals surface area contributed by atoms with Gasteiger partial charge < -0.3 is 10.2 Å². The van der Waals surface area contributed by atoms with E-state index < -0.39 is 0 Å². The minimum Gasteiger partial charge on any atom is -0.335 e. The van der Waals surface area contributed by atoms with Crippen LogP contribution in [-0.2, 0) is 16.1 Å². The molecule has 0 aliphatic rings. The van der Waals surface area contributed by atoms with Gasteiger partial charge in [0.25, 0.3) is 0 Å². The summed E-state index contributed by atoms with van der Waals surface area (Å²) in [5.74, 6) is 0.235. The van der Waals surface area contributed by atoms with Crippen LogP contribution in [0, 0.1) is 6.92 Å². The van der Waals surface area contributed by atoms with Crippen LogP contribution in [0.1, 0.15) is 38.3 Å². The Morgan fingerprint density at radius 1 is 1.04 bits per heavy atom. The summed E-state index contributed by atoms with van der Waals surface area (Å²) in [6.07, 6.45) is 0.893. The van der Waals surface area contributed by atoms with Gasteiger partial charge in [-0.3, -0.25) is 9.59 Å². The molecule has 0 spiro atoms. The number of rotatable bonds is 9. The highest BCUT2D eigenvalue weighted by Crippen LogP contribution is 2.19. The molecule has 2 aromatic rings. The third-order valence-corrected chi connectivity index (χ3v) is 5.88. The zero-order valence-corrected chi connectivity index (χ0v) is 18.0. The number of thioether (sulfide) groups is 1. The van der Waals surface area contributed by atoms with Crippen LogP contribution in [0.4, 0.5) is 5.69 Å². The summed E-state index contributed by atoms with van der Waals surface area (Å²) in [6.45, 7) is 8.64. The van der Waals surface area contributed by atoms with Gasteiger partial charge in [-0.05, 0) is 44.9 Å². The molecule has 28 heavy (non-hydrogen) atoms. The molecule has 0 aliphatic heterocycles. The Kier molecular flexibility index (Phi) is 8.58. The monoisotopic (exact) mass is 398 g/mol. The van der Waals surface area contributed by atoms with Crippen LogP contribution in [0.25, 0.3) is 0 Å². The second kappa shape index (κ2) is 10.9. The van der Waals surface area contributed by atoms with Crippen LogP contribution in [0.3, 0.4) is 0 Å². The zero-order chi connectivity index (χ0) is 20.5. The molecular weight excluding hydrogens is 368 g/mol. The molecule has 0 saturated heterocycles. The van der Waals surface area contributed by atoms with Crippen molar-refractivity contribution in [1.82, 2.24) is 4.90 Å². The number of nitrogens with one attached hydrogen (secondary N) is 1. The van der Waals surface area contributed by atoms with Crippen LogP contribution in [0.2, 0.25) is 0 Å². The summed E-state index contributed by atoms with van der Waals surface area (Å²) >= 11 is 1.38. The fraction of sp³-hybridized carbons (Fsp3) is 0.391. The Morgan fingerprint density at radius 3 is 2.29 bits per heavy atom. The summed E-state index contributed by atoms with van der Waals surface area (Å²) < 4.78 is 0. The lowest BCUT2D eigenvalue weighted by molar-refractivity contribution is -0.133. The summed E-state index contributed by atoms with van der Waals surface area (Å²) in [5.41, 5.74) is 3.04. The number of hydrogen-bond acceptors (Lipinski definition) is 3. The molecular formula is C23H30N2O2S. The van der Waals surface area contributed by atoms with E-state index in [1.54, 1.807) is 0 Å². The molecule has 0 unspecified atom stereocenters. The molecule has 0 bridgehead atoms. The third kappa shape index (κ3) is 6.71. The molecule has 0 saturated carbocycles. The molecule has 2 atom stereocenters. The Labute approximate surface area is 172 Å². The van der Waals surface area contributed by atoms with E-state index in [1.807, 2.05) is 73.3 Å². The highest BCUT2D eigenvalue weighted by Gasteiger charge is 2.25. The van der Waals surface area contributed by atoms with Gasteiger partial charge in [-0.25, -0.2) is 0 Å². The number of carbonyl (C=O) groups is 2. The van der Waals surface area contributed by atoms with Gasteiger partial charge in [-0.1, -0.05) is 55.0 Å². The highest BCUT2D eigenvalue weighted by atomic mass is 32.2. The smallest absolute Gasteiger partial charge is 0.235 e. The van der Waals surface area contributed by atoms with Crippen molar-refractivity contribution in [2.75, 3.05) is 11.1 Å². The van der Waals surface area contributed by atoms with Crippen LogP contribution in [0.5, 0.6) is 0 Å². The van der Waals surface area contributed by atoms with Crippen LogP contribution in [0.15, 0.2) is 54.6 Å². The second-order valence-corrected chi connectivity index (χ2v) is 8.41. The van der Waals surface area contributed by atoms with E-state index in [-0.39, 0.29) is 28.9 Å². The molecule has 0 aliphatic carbocycles. The van der Waals surface area contributed by atoms with Crippen molar-refractivity contribution in [2.45, 2.75) is 52.0 Å². The maximum absolute atomic E-state index is 13.0. The minimum absolute atomic E-state index is 0.0753. The molecule has 0 heterocycles. The minimum atomic E-state index is -0.276. The Bertz CT molecular complexity index is 762. The first-order valence-corrected chi connectivity index (χ1v) is 10.8. The molecule has 0 radical (unpaired) electrons. The van der Waals surface area contributed by atoms with Crippen molar-refractivity contribution >= 4 is 29.3 Å². The topological polar surface area (TPSA) is 49.4 Å². The molecule has 2 rings (SSSR count). The van der Waals surface area contributed by atoms with Crippen molar-refractivity contribution in [1.29, 1.82) is 0 Å². The maximum atomic E-state index is 13.0. The van der Waals surface area contributed by atoms with Gasteiger partial charge in [0.15, 0.2) is 0 Å². The van der Waals surface area contributed by atoms with Crippen LogP contribution in [-0.4, -0.2) is 33.8 Å². The van der Waals surface area contributed by atoms with Crippen LogP contribution >= 0.6 is 11.8 Å². The molecule has 2 aromatic carbocycles. The number of hydrogen-bond donors (Lipinski definition) is 1. The van der Waals surface area contributed by atoms with Gasteiger partial charge in [0.2, 0.25) is 11.8 Å².